The number of carbonyl (C=O) groups is 2. The van der Waals surface area contributed by atoms with Gasteiger partial charge in [-0.3, -0.25) is 9.59 Å². The van der Waals surface area contributed by atoms with E-state index >= 15 is 0 Å². The summed E-state index contributed by atoms with van der Waals surface area (Å²) < 4.78 is 1.24. The number of likely N-dealkylation sites (N-methyl/N-ethyl adjacent to an activating group) is 1. The molecule has 2 aromatic rings. The number of rotatable bonds is 5. The maximum Gasteiger partial charge on any atom is 0.268 e. The fourth-order valence-corrected chi connectivity index (χ4v) is 3.18. The maximum absolute atomic E-state index is 12.0. The van der Waals surface area contributed by atoms with Crippen LogP contribution >= 0.6 is 34.5 Å². The second-order valence-corrected chi connectivity index (χ2v) is 6.37. The van der Waals surface area contributed by atoms with Crippen LogP contribution in [0.25, 0.3) is 10.2 Å². The molecule has 2 heterocycles. The Morgan fingerprint density at radius 1 is 1.48 bits per heavy atom. The molecule has 21 heavy (non-hydrogen) atoms. The Balaban J connectivity index is 2.00. The molecular weight excluding hydrogens is 337 g/mol. The van der Waals surface area contributed by atoms with E-state index in [1.165, 1.54) is 16.2 Å². The molecule has 0 saturated carbocycles. The summed E-state index contributed by atoms with van der Waals surface area (Å²) >= 11 is 13.2. The van der Waals surface area contributed by atoms with Crippen molar-refractivity contribution in [2.24, 2.45) is 0 Å². The monoisotopic (exact) mass is 349 g/mol. The van der Waals surface area contributed by atoms with E-state index in [0.717, 1.165) is 4.70 Å². The van der Waals surface area contributed by atoms with E-state index in [4.69, 9.17) is 28.3 Å². The van der Waals surface area contributed by atoms with Gasteiger partial charge in [0.1, 0.15) is 10.0 Å². The molecule has 0 spiro atoms. The number of amides is 2. The number of nitrogens with zero attached hydrogens (tertiary/aromatic N) is 1. The minimum absolute atomic E-state index is 0.123. The largest absolute Gasteiger partial charge is 0.395 e. The zero-order chi connectivity index (χ0) is 15.6. The van der Waals surface area contributed by atoms with Gasteiger partial charge in [-0.05, 0) is 6.07 Å². The van der Waals surface area contributed by atoms with Gasteiger partial charge in [-0.15, -0.1) is 11.3 Å². The van der Waals surface area contributed by atoms with Gasteiger partial charge in [0.05, 0.1) is 28.4 Å². The molecule has 0 bridgehead atoms. The first-order valence-corrected chi connectivity index (χ1v) is 7.60. The van der Waals surface area contributed by atoms with Crippen molar-refractivity contribution in [2.75, 3.05) is 26.7 Å². The maximum atomic E-state index is 12.0. The topological polar surface area (TPSA) is 85.4 Å². The van der Waals surface area contributed by atoms with E-state index in [1.54, 1.807) is 13.1 Å². The van der Waals surface area contributed by atoms with Crippen LogP contribution in [0.4, 0.5) is 0 Å². The third-order valence-corrected chi connectivity index (χ3v) is 4.81. The Kier molecular flexibility index (Phi) is 5.10. The Morgan fingerprint density at radius 2 is 2.19 bits per heavy atom. The first-order valence-electron chi connectivity index (χ1n) is 6.03. The number of aliphatic hydroxyl groups excluding tert-OH is 1. The number of carbonyl (C=O) groups excluding carboxylic acids is 2. The van der Waals surface area contributed by atoms with Crippen LogP contribution in [0.1, 0.15) is 10.5 Å². The average molecular weight is 350 g/mol. The minimum atomic E-state index is -0.406. The Hall–Kier alpha value is -1.28. The normalized spacial score (nSPS) is 10.9. The fraction of sp³-hybridized carbons (Fsp3) is 0.333. The molecule has 0 aliphatic carbocycles. The number of hydrogen-bond donors (Lipinski definition) is 3. The third kappa shape index (κ3) is 3.49. The summed E-state index contributed by atoms with van der Waals surface area (Å²) in [5.74, 6) is -0.691. The van der Waals surface area contributed by atoms with Crippen molar-refractivity contribution >= 4 is 56.6 Å². The molecule has 2 aromatic heterocycles. The van der Waals surface area contributed by atoms with Crippen LogP contribution in [0, 0.1) is 0 Å². The van der Waals surface area contributed by atoms with Crippen LogP contribution < -0.4 is 5.32 Å². The summed E-state index contributed by atoms with van der Waals surface area (Å²) in [6.45, 7) is -0.0418. The van der Waals surface area contributed by atoms with E-state index in [-0.39, 0.29) is 25.6 Å². The number of hydrogen-bond acceptors (Lipinski definition) is 4. The summed E-state index contributed by atoms with van der Waals surface area (Å²) in [5.41, 5.74) is 0.924. The third-order valence-electron chi connectivity index (χ3n) is 2.88. The van der Waals surface area contributed by atoms with Crippen LogP contribution in [-0.4, -0.2) is 53.5 Å². The summed E-state index contributed by atoms with van der Waals surface area (Å²) in [5, 5.41) is 11.6. The highest BCUT2D eigenvalue weighted by Gasteiger charge is 2.16. The van der Waals surface area contributed by atoms with Gasteiger partial charge < -0.3 is 20.3 Å². The highest BCUT2D eigenvalue weighted by atomic mass is 35.5. The van der Waals surface area contributed by atoms with Gasteiger partial charge in [-0.25, -0.2) is 0 Å². The zero-order valence-electron chi connectivity index (χ0n) is 11.1. The number of aromatic amines is 1. The molecular formula is C12H13Cl2N3O3S. The number of aliphatic hydroxyl groups is 1. The molecule has 0 aliphatic rings. The number of nitrogens with one attached hydrogen (secondary N) is 2. The number of fused-ring (bicyclic) bond motifs is 1. The fourth-order valence-electron chi connectivity index (χ4n) is 1.70. The second-order valence-electron chi connectivity index (χ2n) is 4.33. The minimum Gasteiger partial charge on any atom is -0.395 e. The first kappa shape index (κ1) is 16.1. The standard InChI is InChI=1S/C12H13Cl2N3O3S/c1-17(2-3-18)8(19)5-15-12(20)6-4-7-10(16-6)9(13)11(14)21-7/h4,16,18H,2-3,5H2,1H3,(H,15,20). The van der Waals surface area contributed by atoms with Crippen molar-refractivity contribution in [1.82, 2.24) is 15.2 Å². The van der Waals surface area contributed by atoms with Crippen LogP contribution in [-0.2, 0) is 4.79 Å². The summed E-state index contributed by atoms with van der Waals surface area (Å²) in [6, 6.07) is 1.63. The van der Waals surface area contributed by atoms with Gasteiger partial charge in [0.2, 0.25) is 5.91 Å². The molecule has 0 aromatic carbocycles. The highest BCUT2D eigenvalue weighted by Crippen LogP contribution is 2.38. The molecule has 0 radical (unpaired) electrons. The van der Waals surface area contributed by atoms with Gasteiger partial charge in [0.15, 0.2) is 0 Å². The molecule has 0 aliphatic heterocycles. The number of aromatic nitrogens is 1. The van der Waals surface area contributed by atoms with Crippen LogP contribution in [0.15, 0.2) is 6.07 Å². The second kappa shape index (κ2) is 6.65. The van der Waals surface area contributed by atoms with Gasteiger partial charge in [0, 0.05) is 13.6 Å². The predicted octanol–water partition coefficient (Wildman–Crippen LogP) is 1.72. The molecule has 2 rings (SSSR count). The Labute approximate surface area is 134 Å². The van der Waals surface area contributed by atoms with E-state index in [9.17, 15) is 9.59 Å². The zero-order valence-corrected chi connectivity index (χ0v) is 13.4. The van der Waals surface area contributed by atoms with Gasteiger partial charge >= 0.3 is 0 Å². The van der Waals surface area contributed by atoms with Crippen LogP contribution in [0.3, 0.4) is 0 Å². The number of halogens is 2. The Bertz CT molecular complexity index is 683. The lowest BCUT2D eigenvalue weighted by molar-refractivity contribution is -0.129. The molecule has 0 unspecified atom stereocenters. The SMILES string of the molecule is CN(CCO)C(=O)CNC(=O)c1cc2sc(Cl)c(Cl)c2[nH]1. The molecule has 0 fully saturated rings. The summed E-state index contributed by atoms with van der Waals surface area (Å²) in [6.07, 6.45) is 0. The van der Waals surface area contributed by atoms with Gasteiger partial charge in [-0.1, -0.05) is 23.2 Å². The molecule has 6 nitrogen and oxygen atoms in total. The number of H-pyrrole nitrogens is 1. The predicted molar refractivity (Wildman–Crippen MR) is 83.3 cm³/mol. The van der Waals surface area contributed by atoms with Crippen molar-refractivity contribution in [1.29, 1.82) is 0 Å². The lowest BCUT2D eigenvalue weighted by Gasteiger charge is -2.15. The Morgan fingerprint density at radius 3 is 2.81 bits per heavy atom. The van der Waals surface area contributed by atoms with E-state index < -0.39 is 5.91 Å². The quantitative estimate of drug-likeness (QED) is 0.768. The van der Waals surface area contributed by atoms with E-state index in [1.807, 2.05) is 0 Å². The molecule has 2 amide bonds. The molecule has 114 valence electrons. The van der Waals surface area contributed by atoms with Crippen LogP contribution in [0.5, 0.6) is 0 Å². The molecule has 0 atom stereocenters. The van der Waals surface area contributed by atoms with Crippen molar-refractivity contribution in [2.45, 2.75) is 0 Å². The van der Waals surface area contributed by atoms with E-state index in [0.29, 0.717) is 20.6 Å². The van der Waals surface area contributed by atoms with Gasteiger partial charge in [-0.2, -0.15) is 0 Å². The molecule has 0 saturated heterocycles. The lowest BCUT2D eigenvalue weighted by atomic mass is 10.4. The highest BCUT2D eigenvalue weighted by molar-refractivity contribution is 7.23. The van der Waals surface area contributed by atoms with Gasteiger partial charge in [0.25, 0.3) is 5.91 Å². The molecule has 9 heteroatoms. The smallest absolute Gasteiger partial charge is 0.268 e. The summed E-state index contributed by atoms with van der Waals surface area (Å²) in [4.78, 5) is 27.8. The molecule has 3 N–H and O–H groups in total. The van der Waals surface area contributed by atoms with Crippen molar-refractivity contribution in [3.63, 3.8) is 0 Å². The average Bonchev–Trinajstić information content (AvgIpc) is 2.97. The summed E-state index contributed by atoms with van der Waals surface area (Å²) in [7, 11) is 1.55. The van der Waals surface area contributed by atoms with Crippen molar-refractivity contribution < 1.29 is 14.7 Å². The first-order chi connectivity index (χ1) is 9.93. The lowest BCUT2D eigenvalue weighted by Crippen LogP contribution is -2.39. The van der Waals surface area contributed by atoms with Crippen LogP contribution in [0.2, 0.25) is 9.36 Å². The number of thiophene rings is 1. The van der Waals surface area contributed by atoms with E-state index in [2.05, 4.69) is 10.3 Å². The van der Waals surface area contributed by atoms with Crippen molar-refractivity contribution in [3.8, 4) is 0 Å². The van der Waals surface area contributed by atoms with Crippen molar-refractivity contribution in [3.05, 3.63) is 21.1 Å².